The average Bonchev–Trinajstić information content (AvgIpc) is 3.23. The zero-order chi connectivity index (χ0) is 18.7. The third-order valence-electron chi connectivity index (χ3n) is 4.84. The number of amides is 1. The molecule has 0 unspecified atom stereocenters. The Hall–Kier alpha value is -2.63. The van der Waals surface area contributed by atoms with Crippen LogP contribution in [-0.2, 0) is 24.7 Å². The number of rotatable bonds is 7. The van der Waals surface area contributed by atoms with Crippen LogP contribution < -0.4 is 0 Å². The fourth-order valence-electron chi connectivity index (χ4n) is 3.42. The Morgan fingerprint density at radius 3 is 2.69 bits per heavy atom. The van der Waals surface area contributed by atoms with Crippen molar-refractivity contribution >= 4 is 16.9 Å². The molecule has 1 aromatic carbocycles. The van der Waals surface area contributed by atoms with E-state index >= 15 is 0 Å². The molecule has 6 heteroatoms. The van der Waals surface area contributed by atoms with E-state index in [1.165, 1.54) is 0 Å². The number of benzene rings is 1. The van der Waals surface area contributed by atoms with Crippen LogP contribution in [0.25, 0.3) is 11.0 Å². The topological polar surface area (TPSA) is 56.0 Å². The van der Waals surface area contributed by atoms with E-state index in [-0.39, 0.29) is 11.9 Å². The zero-order valence-corrected chi connectivity index (χ0v) is 16.0. The molecule has 1 amide bonds. The highest BCUT2D eigenvalue weighted by Crippen LogP contribution is 2.25. The molecule has 0 aliphatic rings. The molecular formula is C20H27N5O. The quantitative estimate of drug-likeness (QED) is 0.656. The van der Waals surface area contributed by atoms with Crippen LogP contribution in [0.2, 0.25) is 0 Å². The number of carbonyl (C=O) groups is 1. The first kappa shape index (κ1) is 18.2. The monoisotopic (exact) mass is 353 g/mol. The molecule has 2 aromatic heterocycles. The van der Waals surface area contributed by atoms with Gasteiger partial charge in [-0.25, -0.2) is 4.98 Å². The first-order valence-corrected chi connectivity index (χ1v) is 9.23. The number of hydrogen-bond donors (Lipinski definition) is 0. The van der Waals surface area contributed by atoms with Crippen LogP contribution in [0.15, 0.2) is 36.7 Å². The van der Waals surface area contributed by atoms with Gasteiger partial charge in [0, 0.05) is 33.3 Å². The standard InChI is InChI=1S/C20H27N5O/c1-5-17(20(26)23(3)12-11-15-13-21-24(4)14-15)25-18-10-8-7-9-16(18)22-19(25)6-2/h7-10,13-14,17H,5-6,11-12H2,1-4H3/t17-/m1/s1. The highest BCUT2D eigenvalue weighted by Gasteiger charge is 2.26. The van der Waals surface area contributed by atoms with Gasteiger partial charge in [-0.15, -0.1) is 0 Å². The van der Waals surface area contributed by atoms with Gasteiger partial charge < -0.3 is 9.47 Å². The van der Waals surface area contributed by atoms with Crippen molar-refractivity contribution in [1.82, 2.24) is 24.2 Å². The van der Waals surface area contributed by atoms with Crippen LogP contribution in [0.3, 0.4) is 0 Å². The number of fused-ring (bicyclic) bond motifs is 1. The summed E-state index contributed by atoms with van der Waals surface area (Å²) in [5.74, 6) is 1.10. The number of likely N-dealkylation sites (N-methyl/N-ethyl adjacent to an activating group) is 1. The van der Waals surface area contributed by atoms with Crippen molar-refractivity contribution in [3.05, 3.63) is 48.0 Å². The number of para-hydroxylation sites is 2. The summed E-state index contributed by atoms with van der Waals surface area (Å²) in [6.07, 6.45) is 6.20. The molecule has 0 fully saturated rings. The van der Waals surface area contributed by atoms with Gasteiger partial charge in [0.25, 0.3) is 0 Å². The highest BCUT2D eigenvalue weighted by molar-refractivity contribution is 5.84. The largest absolute Gasteiger partial charge is 0.344 e. The van der Waals surface area contributed by atoms with Gasteiger partial charge in [0.15, 0.2) is 0 Å². The number of carbonyl (C=O) groups excluding carboxylic acids is 1. The van der Waals surface area contributed by atoms with Gasteiger partial charge >= 0.3 is 0 Å². The van der Waals surface area contributed by atoms with Crippen LogP contribution in [0.5, 0.6) is 0 Å². The molecule has 0 radical (unpaired) electrons. The lowest BCUT2D eigenvalue weighted by Gasteiger charge is -2.25. The van der Waals surface area contributed by atoms with Crippen molar-refractivity contribution < 1.29 is 4.79 Å². The molecule has 138 valence electrons. The number of aromatic nitrogens is 4. The Bertz CT molecular complexity index is 895. The van der Waals surface area contributed by atoms with Crippen LogP contribution in [0, 0.1) is 0 Å². The molecule has 0 aliphatic carbocycles. The average molecular weight is 353 g/mol. The summed E-state index contributed by atoms with van der Waals surface area (Å²) < 4.78 is 3.91. The lowest BCUT2D eigenvalue weighted by Crippen LogP contribution is -2.36. The summed E-state index contributed by atoms with van der Waals surface area (Å²) in [4.78, 5) is 19.7. The van der Waals surface area contributed by atoms with E-state index in [2.05, 4.69) is 23.5 Å². The summed E-state index contributed by atoms with van der Waals surface area (Å²) in [5, 5.41) is 4.19. The summed E-state index contributed by atoms with van der Waals surface area (Å²) in [7, 11) is 3.79. The van der Waals surface area contributed by atoms with Gasteiger partial charge in [-0.3, -0.25) is 9.48 Å². The van der Waals surface area contributed by atoms with E-state index < -0.39 is 0 Å². The van der Waals surface area contributed by atoms with Gasteiger partial charge in [-0.05, 0) is 30.5 Å². The minimum atomic E-state index is -0.226. The van der Waals surface area contributed by atoms with E-state index in [0.717, 1.165) is 41.7 Å². The second kappa shape index (κ2) is 7.72. The predicted molar refractivity (Wildman–Crippen MR) is 103 cm³/mol. The maximum atomic E-state index is 13.2. The van der Waals surface area contributed by atoms with Crippen LogP contribution in [0.4, 0.5) is 0 Å². The molecule has 2 heterocycles. The molecule has 1 atom stereocenters. The molecule has 0 N–H and O–H groups in total. The minimum Gasteiger partial charge on any atom is -0.344 e. The van der Waals surface area contributed by atoms with Gasteiger partial charge in [-0.1, -0.05) is 26.0 Å². The molecule has 0 saturated heterocycles. The van der Waals surface area contributed by atoms with Gasteiger partial charge in [0.2, 0.25) is 5.91 Å². The normalized spacial score (nSPS) is 12.5. The Morgan fingerprint density at radius 1 is 1.27 bits per heavy atom. The maximum Gasteiger partial charge on any atom is 0.245 e. The fourth-order valence-corrected chi connectivity index (χ4v) is 3.42. The van der Waals surface area contributed by atoms with E-state index in [1.807, 2.05) is 55.7 Å². The van der Waals surface area contributed by atoms with Crippen LogP contribution in [0.1, 0.15) is 37.7 Å². The molecule has 26 heavy (non-hydrogen) atoms. The maximum absolute atomic E-state index is 13.2. The number of imidazole rings is 1. The first-order valence-electron chi connectivity index (χ1n) is 9.23. The Labute approximate surface area is 154 Å². The van der Waals surface area contributed by atoms with Gasteiger partial charge in [0.1, 0.15) is 11.9 Å². The number of aryl methyl sites for hydroxylation is 2. The van der Waals surface area contributed by atoms with E-state index in [0.29, 0.717) is 6.54 Å². The van der Waals surface area contributed by atoms with Gasteiger partial charge in [-0.2, -0.15) is 5.10 Å². The molecule has 0 spiro atoms. The minimum absolute atomic E-state index is 0.134. The molecule has 0 saturated carbocycles. The summed E-state index contributed by atoms with van der Waals surface area (Å²) in [6, 6.07) is 7.82. The highest BCUT2D eigenvalue weighted by atomic mass is 16.2. The fraction of sp³-hybridized carbons (Fsp3) is 0.450. The van der Waals surface area contributed by atoms with E-state index in [4.69, 9.17) is 4.98 Å². The molecule has 3 rings (SSSR count). The number of nitrogens with zero attached hydrogens (tertiary/aromatic N) is 5. The molecule has 6 nitrogen and oxygen atoms in total. The second-order valence-corrected chi connectivity index (χ2v) is 6.70. The van der Waals surface area contributed by atoms with E-state index in [1.54, 1.807) is 4.68 Å². The summed E-state index contributed by atoms with van der Waals surface area (Å²) in [5.41, 5.74) is 3.13. The Kier molecular flexibility index (Phi) is 5.40. The number of hydrogen-bond acceptors (Lipinski definition) is 3. The second-order valence-electron chi connectivity index (χ2n) is 6.70. The van der Waals surface area contributed by atoms with Crippen molar-refractivity contribution in [3.63, 3.8) is 0 Å². The first-order chi connectivity index (χ1) is 12.5. The zero-order valence-electron chi connectivity index (χ0n) is 16.0. The van der Waals surface area contributed by atoms with Crippen molar-refractivity contribution in [2.45, 2.75) is 39.2 Å². The SMILES string of the molecule is CCc1nc2ccccc2n1[C@H](CC)C(=O)N(C)CCc1cnn(C)c1. The van der Waals surface area contributed by atoms with Crippen LogP contribution in [-0.4, -0.2) is 43.7 Å². The lowest BCUT2D eigenvalue weighted by atomic mass is 10.1. The van der Waals surface area contributed by atoms with Crippen molar-refractivity contribution in [2.24, 2.45) is 7.05 Å². The molecule has 0 bridgehead atoms. The predicted octanol–water partition coefficient (Wildman–Crippen LogP) is 2.98. The summed E-state index contributed by atoms with van der Waals surface area (Å²) in [6.45, 7) is 4.82. The molecule has 0 aliphatic heterocycles. The van der Waals surface area contributed by atoms with Gasteiger partial charge in [0.05, 0.1) is 17.2 Å². The Balaban J connectivity index is 1.82. The molecular weight excluding hydrogens is 326 g/mol. The Morgan fingerprint density at radius 2 is 2.04 bits per heavy atom. The van der Waals surface area contributed by atoms with E-state index in [9.17, 15) is 4.79 Å². The molecule has 3 aromatic rings. The van der Waals surface area contributed by atoms with Crippen LogP contribution >= 0.6 is 0 Å². The van der Waals surface area contributed by atoms with Crippen molar-refractivity contribution in [3.8, 4) is 0 Å². The smallest absolute Gasteiger partial charge is 0.245 e. The van der Waals surface area contributed by atoms with Crippen molar-refractivity contribution in [1.29, 1.82) is 0 Å². The van der Waals surface area contributed by atoms with Crippen molar-refractivity contribution in [2.75, 3.05) is 13.6 Å². The lowest BCUT2D eigenvalue weighted by molar-refractivity contribution is -0.133. The third kappa shape index (κ3) is 3.49. The summed E-state index contributed by atoms with van der Waals surface area (Å²) >= 11 is 0. The third-order valence-corrected chi connectivity index (χ3v) is 4.84.